The molecule has 0 saturated heterocycles. The third-order valence-corrected chi connectivity index (χ3v) is 3.07. The van der Waals surface area contributed by atoms with E-state index in [1.165, 1.54) is 0 Å². The van der Waals surface area contributed by atoms with Crippen LogP contribution in [0.3, 0.4) is 0 Å². The van der Waals surface area contributed by atoms with E-state index in [4.69, 9.17) is 9.84 Å². The largest absolute Gasteiger partial charge is 0.481 e. The minimum atomic E-state index is -1.02. The molecular formula is C16H23NO4. The smallest absolute Gasteiger partial charge is 0.341 e. The molecule has 0 aliphatic heterocycles. The van der Waals surface area contributed by atoms with Crippen molar-refractivity contribution in [1.82, 2.24) is 5.32 Å². The zero-order valence-corrected chi connectivity index (χ0v) is 13.0. The van der Waals surface area contributed by atoms with Gasteiger partial charge in [-0.1, -0.05) is 13.8 Å². The van der Waals surface area contributed by atoms with E-state index in [0.29, 0.717) is 23.8 Å². The quantitative estimate of drug-likeness (QED) is 0.810. The van der Waals surface area contributed by atoms with Gasteiger partial charge in [-0.2, -0.15) is 0 Å². The highest BCUT2D eigenvalue weighted by Gasteiger charge is 2.12. The minimum absolute atomic E-state index is 0.119. The number of carboxylic acids is 1. The number of aliphatic carboxylic acids is 1. The van der Waals surface area contributed by atoms with Gasteiger partial charge in [0.15, 0.2) is 6.61 Å². The predicted octanol–water partition coefficient (Wildman–Crippen LogP) is 2.54. The van der Waals surface area contributed by atoms with Crippen LogP contribution in [0.2, 0.25) is 0 Å². The summed E-state index contributed by atoms with van der Waals surface area (Å²) in [5, 5.41) is 11.5. The van der Waals surface area contributed by atoms with Gasteiger partial charge in [0, 0.05) is 12.1 Å². The Morgan fingerprint density at radius 2 is 1.81 bits per heavy atom. The minimum Gasteiger partial charge on any atom is -0.481 e. The van der Waals surface area contributed by atoms with Gasteiger partial charge in [0.25, 0.3) is 5.91 Å². The molecule has 0 atom stereocenters. The van der Waals surface area contributed by atoms with E-state index in [9.17, 15) is 9.59 Å². The Hall–Kier alpha value is -2.04. The molecule has 1 amide bonds. The molecule has 21 heavy (non-hydrogen) atoms. The van der Waals surface area contributed by atoms with Gasteiger partial charge >= 0.3 is 5.97 Å². The van der Waals surface area contributed by atoms with Gasteiger partial charge < -0.3 is 15.2 Å². The standard InChI is InChI=1S/C16H23NO4/c1-10(2)5-6-17-16(20)13-7-11(3)15(12(4)8-13)21-9-14(18)19/h7-8,10H,5-6,9H2,1-4H3,(H,17,20)(H,18,19). The third-order valence-electron chi connectivity index (χ3n) is 3.07. The number of hydrogen-bond acceptors (Lipinski definition) is 3. The van der Waals surface area contributed by atoms with Crippen molar-refractivity contribution in [1.29, 1.82) is 0 Å². The van der Waals surface area contributed by atoms with Crippen molar-refractivity contribution in [2.75, 3.05) is 13.2 Å². The summed E-state index contributed by atoms with van der Waals surface area (Å²) < 4.78 is 5.25. The Kier molecular flexibility index (Phi) is 6.21. The molecule has 0 aromatic heterocycles. The molecule has 1 rings (SSSR count). The van der Waals surface area contributed by atoms with Crippen molar-refractivity contribution in [3.8, 4) is 5.75 Å². The summed E-state index contributed by atoms with van der Waals surface area (Å²) in [6, 6.07) is 3.43. The Bertz CT molecular complexity index is 500. The maximum atomic E-state index is 12.1. The number of carboxylic acid groups (broad SMARTS) is 1. The summed E-state index contributed by atoms with van der Waals surface area (Å²) in [6.07, 6.45) is 0.934. The van der Waals surface area contributed by atoms with Crippen LogP contribution in [0.1, 0.15) is 41.8 Å². The van der Waals surface area contributed by atoms with Crippen molar-refractivity contribution in [2.24, 2.45) is 5.92 Å². The fourth-order valence-corrected chi connectivity index (χ4v) is 2.02. The molecule has 5 heteroatoms. The predicted molar refractivity (Wildman–Crippen MR) is 80.8 cm³/mol. The van der Waals surface area contributed by atoms with Gasteiger partial charge in [-0.25, -0.2) is 4.79 Å². The molecule has 0 spiro atoms. The van der Waals surface area contributed by atoms with Gasteiger partial charge in [0.2, 0.25) is 0 Å². The molecule has 0 aliphatic rings. The summed E-state index contributed by atoms with van der Waals surface area (Å²) in [7, 11) is 0. The van der Waals surface area contributed by atoms with E-state index in [-0.39, 0.29) is 12.5 Å². The number of nitrogens with one attached hydrogen (secondary N) is 1. The first-order chi connectivity index (χ1) is 9.81. The molecule has 0 bridgehead atoms. The number of hydrogen-bond donors (Lipinski definition) is 2. The van der Waals surface area contributed by atoms with Crippen LogP contribution >= 0.6 is 0 Å². The molecule has 1 aromatic rings. The van der Waals surface area contributed by atoms with Gasteiger partial charge in [0.05, 0.1) is 0 Å². The molecule has 0 unspecified atom stereocenters. The van der Waals surface area contributed by atoms with E-state index in [1.807, 2.05) is 0 Å². The average Bonchev–Trinajstić information content (AvgIpc) is 2.36. The average molecular weight is 293 g/mol. The second-order valence-corrected chi connectivity index (χ2v) is 5.56. The van der Waals surface area contributed by atoms with Crippen LogP contribution in [-0.2, 0) is 4.79 Å². The van der Waals surface area contributed by atoms with Crippen LogP contribution in [0.5, 0.6) is 5.75 Å². The molecule has 0 fully saturated rings. The van der Waals surface area contributed by atoms with Gasteiger partial charge in [0.1, 0.15) is 5.75 Å². The molecule has 2 N–H and O–H groups in total. The van der Waals surface area contributed by atoms with E-state index in [1.54, 1.807) is 26.0 Å². The highest BCUT2D eigenvalue weighted by molar-refractivity contribution is 5.94. The maximum absolute atomic E-state index is 12.1. The number of carbonyl (C=O) groups excluding carboxylic acids is 1. The highest BCUT2D eigenvalue weighted by Crippen LogP contribution is 2.24. The van der Waals surface area contributed by atoms with Crippen LogP contribution in [0.15, 0.2) is 12.1 Å². The summed E-state index contributed by atoms with van der Waals surface area (Å²) in [4.78, 5) is 22.6. The summed E-state index contributed by atoms with van der Waals surface area (Å²) >= 11 is 0. The zero-order valence-electron chi connectivity index (χ0n) is 13.0. The van der Waals surface area contributed by atoms with Crippen LogP contribution in [0, 0.1) is 19.8 Å². The summed E-state index contributed by atoms with van der Waals surface area (Å²) in [5.41, 5.74) is 2.08. The molecule has 0 saturated carbocycles. The number of benzene rings is 1. The summed E-state index contributed by atoms with van der Waals surface area (Å²) in [6.45, 7) is 8.07. The van der Waals surface area contributed by atoms with E-state index >= 15 is 0 Å². The topological polar surface area (TPSA) is 75.6 Å². The normalized spacial score (nSPS) is 10.5. The van der Waals surface area contributed by atoms with Crippen molar-refractivity contribution >= 4 is 11.9 Å². The first kappa shape index (κ1) is 17.0. The van der Waals surface area contributed by atoms with Crippen molar-refractivity contribution < 1.29 is 19.4 Å². The molecule has 116 valence electrons. The third kappa shape index (κ3) is 5.45. The number of aryl methyl sites for hydroxylation is 2. The van der Waals surface area contributed by atoms with Crippen LogP contribution < -0.4 is 10.1 Å². The second-order valence-electron chi connectivity index (χ2n) is 5.56. The molecular weight excluding hydrogens is 270 g/mol. The fourth-order valence-electron chi connectivity index (χ4n) is 2.02. The van der Waals surface area contributed by atoms with Crippen molar-refractivity contribution in [2.45, 2.75) is 34.1 Å². The lowest BCUT2D eigenvalue weighted by molar-refractivity contribution is -0.139. The fraction of sp³-hybridized carbons (Fsp3) is 0.500. The van der Waals surface area contributed by atoms with E-state index < -0.39 is 5.97 Å². The summed E-state index contributed by atoms with van der Waals surface area (Å²) in [5.74, 6) is -0.0763. The number of amides is 1. The zero-order chi connectivity index (χ0) is 16.0. The second kappa shape index (κ2) is 7.67. The molecule has 0 heterocycles. The maximum Gasteiger partial charge on any atom is 0.341 e. The number of carbonyl (C=O) groups is 2. The Morgan fingerprint density at radius 1 is 1.24 bits per heavy atom. The Balaban J connectivity index is 2.77. The van der Waals surface area contributed by atoms with Gasteiger partial charge in [-0.15, -0.1) is 0 Å². The Labute approximate surface area is 125 Å². The van der Waals surface area contributed by atoms with E-state index in [2.05, 4.69) is 19.2 Å². The van der Waals surface area contributed by atoms with Crippen LogP contribution in [0.4, 0.5) is 0 Å². The first-order valence-electron chi connectivity index (χ1n) is 7.05. The lowest BCUT2D eigenvalue weighted by Gasteiger charge is -2.13. The van der Waals surface area contributed by atoms with Crippen LogP contribution in [0.25, 0.3) is 0 Å². The molecule has 0 aliphatic carbocycles. The van der Waals surface area contributed by atoms with Gasteiger partial charge in [-0.05, 0) is 49.4 Å². The monoisotopic (exact) mass is 293 g/mol. The first-order valence-corrected chi connectivity index (χ1v) is 7.05. The molecule has 5 nitrogen and oxygen atoms in total. The lowest BCUT2D eigenvalue weighted by atomic mass is 10.0. The van der Waals surface area contributed by atoms with E-state index in [0.717, 1.165) is 17.5 Å². The highest BCUT2D eigenvalue weighted by atomic mass is 16.5. The van der Waals surface area contributed by atoms with Crippen molar-refractivity contribution in [3.63, 3.8) is 0 Å². The number of rotatable bonds is 7. The number of ether oxygens (including phenoxy) is 1. The molecule has 0 radical (unpaired) electrons. The van der Waals surface area contributed by atoms with Crippen molar-refractivity contribution in [3.05, 3.63) is 28.8 Å². The Morgan fingerprint density at radius 3 is 2.29 bits per heavy atom. The SMILES string of the molecule is Cc1cc(C(=O)NCCC(C)C)cc(C)c1OCC(=O)O. The lowest BCUT2D eigenvalue weighted by Crippen LogP contribution is -2.25. The van der Waals surface area contributed by atoms with Crippen LogP contribution in [-0.4, -0.2) is 30.1 Å². The van der Waals surface area contributed by atoms with Gasteiger partial charge in [-0.3, -0.25) is 4.79 Å². The molecule has 1 aromatic carbocycles.